The molecule has 19 heavy (non-hydrogen) atoms. The first-order valence-electron chi connectivity index (χ1n) is 5.52. The number of rotatable bonds is 3. The van der Waals surface area contributed by atoms with Crippen LogP contribution in [0.1, 0.15) is 25.0 Å². The maximum atomic E-state index is 12.4. The second-order valence-electron chi connectivity index (χ2n) is 4.03. The van der Waals surface area contributed by atoms with Crippen molar-refractivity contribution in [3.63, 3.8) is 0 Å². The van der Waals surface area contributed by atoms with Crippen LogP contribution in [0.2, 0.25) is 0 Å². The molecule has 0 fully saturated rings. The molecule has 102 valence electrons. The smallest absolute Gasteiger partial charge is 0.416 e. The summed E-state index contributed by atoms with van der Waals surface area (Å²) in [5.41, 5.74) is -2.28. The van der Waals surface area contributed by atoms with Crippen molar-refractivity contribution in [2.45, 2.75) is 25.4 Å². The van der Waals surface area contributed by atoms with Gasteiger partial charge in [-0.2, -0.15) is 18.4 Å². The molecule has 0 spiro atoms. The predicted molar refractivity (Wildman–Crippen MR) is 61.0 cm³/mol. The monoisotopic (exact) mass is 271 g/mol. The fourth-order valence-corrected chi connectivity index (χ4v) is 1.50. The number of benzene rings is 1. The zero-order chi connectivity index (χ0) is 14.7. The fourth-order valence-electron chi connectivity index (χ4n) is 1.50. The lowest BCUT2D eigenvalue weighted by Gasteiger charge is -2.20. The second kappa shape index (κ2) is 5.31. The van der Waals surface area contributed by atoms with Gasteiger partial charge in [0, 0.05) is 0 Å². The highest BCUT2D eigenvalue weighted by molar-refractivity contribution is 5.86. The Balaban J connectivity index is 3.15. The summed E-state index contributed by atoms with van der Waals surface area (Å²) in [5, 5.41) is 9.09. The van der Waals surface area contributed by atoms with E-state index in [1.54, 1.807) is 13.0 Å². The van der Waals surface area contributed by atoms with Crippen LogP contribution >= 0.6 is 0 Å². The minimum Gasteiger partial charge on any atom is -0.465 e. The van der Waals surface area contributed by atoms with Gasteiger partial charge in [0.1, 0.15) is 0 Å². The van der Waals surface area contributed by atoms with E-state index in [9.17, 15) is 18.0 Å². The summed E-state index contributed by atoms with van der Waals surface area (Å²) in [5.74, 6) is -0.780. The zero-order valence-electron chi connectivity index (χ0n) is 10.4. The van der Waals surface area contributed by atoms with Gasteiger partial charge in [0.15, 0.2) is 5.41 Å². The van der Waals surface area contributed by atoms with Gasteiger partial charge in [0.2, 0.25) is 0 Å². The molecule has 0 heterocycles. The van der Waals surface area contributed by atoms with E-state index in [0.29, 0.717) is 0 Å². The van der Waals surface area contributed by atoms with Gasteiger partial charge in [-0.3, -0.25) is 0 Å². The number of halogens is 3. The maximum Gasteiger partial charge on any atom is 0.416 e. The van der Waals surface area contributed by atoms with E-state index >= 15 is 0 Å². The van der Waals surface area contributed by atoms with Crippen LogP contribution in [-0.2, 0) is 21.1 Å². The first-order valence-corrected chi connectivity index (χ1v) is 5.52. The summed E-state index contributed by atoms with van der Waals surface area (Å²) in [6, 6.07) is 5.68. The molecule has 1 rings (SSSR count). The standard InChI is InChI=1S/C13H12F3NO2/c1-3-19-11(18)12(2,8-17)9-4-6-10(7-5-9)13(14,15)16/h4-7H,3H2,1-2H3. The summed E-state index contributed by atoms with van der Waals surface area (Å²) in [4.78, 5) is 11.7. The van der Waals surface area contributed by atoms with Crippen molar-refractivity contribution in [3.05, 3.63) is 35.4 Å². The largest absolute Gasteiger partial charge is 0.465 e. The summed E-state index contributed by atoms with van der Waals surface area (Å²) in [6.07, 6.45) is -4.45. The number of esters is 1. The van der Waals surface area contributed by atoms with Crippen LogP contribution in [0.4, 0.5) is 13.2 Å². The van der Waals surface area contributed by atoms with Crippen molar-refractivity contribution in [2.24, 2.45) is 0 Å². The van der Waals surface area contributed by atoms with Crippen molar-refractivity contribution >= 4 is 5.97 Å². The average Bonchev–Trinajstić information content (AvgIpc) is 2.37. The number of alkyl halides is 3. The van der Waals surface area contributed by atoms with Crippen LogP contribution < -0.4 is 0 Å². The van der Waals surface area contributed by atoms with Crippen molar-refractivity contribution < 1.29 is 22.7 Å². The Morgan fingerprint density at radius 2 is 1.74 bits per heavy atom. The molecule has 0 bridgehead atoms. The van der Waals surface area contributed by atoms with Crippen LogP contribution in [0, 0.1) is 11.3 Å². The Morgan fingerprint density at radius 3 is 2.11 bits per heavy atom. The van der Waals surface area contributed by atoms with Crippen LogP contribution in [0.25, 0.3) is 0 Å². The molecule has 0 aliphatic heterocycles. The third-order valence-electron chi connectivity index (χ3n) is 2.70. The van der Waals surface area contributed by atoms with E-state index in [1.165, 1.54) is 6.92 Å². The summed E-state index contributed by atoms with van der Waals surface area (Å²) in [7, 11) is 0. The lowest BCUT2D eigenvalue weighted by atomic mass is 9.83. The van der Waals surface area contributed by atoms with Crippen LogP contribution in [0.15, 0.2) is 24.3 Å². The Hall–Kier alpha value is -2.03. The van der Waals surface area contributed by atoms with Gasteiger partial charge >= 0.3 is 12.1 Å². The summed E-state index contributed by atoms with van der Waals surface area (Å²) in [6.45, 7) is 2.99. The van der Waals surface area contributed by atoms with E-state index in [4.69, 9.17) is 10.00 Å². The molecule has 0 aliphatic rings. The van der Waals surface area contributed by atoms with E-state index < -0.39 is 23.1 Å². The van der Waals surface area contributed by atoms with Gasteiger partial charge in [-0.15, -0.1) is 0 Å². The molecule has 1 unspecified atom stereocenters. The summed E-state index contributed by atoms with van der Waals surface area (Å²) >= 11 is 0. The molecule has 0 saturated heterocycles. The van der Waals surface area contributed by atoms with E-state index in [0.717, 1.165) is 24.3 Å². The van der Waals surface area contributed by atoms with Crippen molar-refractivity contribution in [3.8, 4) is 6.07 Å². The Morgan fingerprint density at radius 1 is 1.26 bits per heavy atom. The van der Waals surface area contributed by atoms with E-state index in [-0.39, 0.29) is 12.2 Å². The number of carbonyl (C=O) groups excluding carboxylic acids is 1. The van der Waals surface area contributed by atoms with Gasteiger partial charge in [-0.25, -0.2) is 4.79 Å². The molecular formula is C13H12F3NO2. The van der Waals surface area contributed by atoms with E-state index in [2.05, 4.69) is 0 Å². The minimum atomic E-state index is -4.45. The molecule has 3 nitrogen and oxygen atoms in total. The molecule has 1 aromatic carbocycles. The Kier molecular flexibility index (Phi) is 4.20. The molecule has 0 aliphatic carbocycles. The first-order chi connectivity index (χ1) is 8.75. The van der Waals surface area contributed by atoms with Crippen LogP contribution in [0.3, 0.4) is 0 Å². The normalized spacial score (nSPS) is 14.3. The van der Waals surface area contributed by atoms with E-state index in [1.807, 2.05) is 0 Å². The molecule has 0 amide bonds. The van der Waals surface area contributed by atoms with Gasteiger partial charge in [-0.05, 0) is 31.5 Å². The SMILES string of the molecule is CCOC(=O)C(C)(C#N)c1ccc(C(F)(F)F)cc1. The van der Waals surface area contributed by atoms with Gasteiger partial charge in [0.25, 0.3) is 0 Å². The Labute approximate surface area is 108 Å². The average molecular weight is 271 g/mol. The zero-order valence-corrected chi connectivity index (χ0v) is 10.4. The molecular weight excluding hydrogens is 259 g/mol. The lowest BCUT2D eigenvalue weighted by molar-refractivity contribution is -0.147. The third kappa shape index (κ3) is 3.05. The van der Waals surface area contributed by atoms with Crippen molar-refractivity contribution in [2.75, 3.05) is 6.61 Å². The van der Waals surface area contributed by atoms with Crippen LogP contribution in [0.5, 0.6) is 0 Å². The first kappa shape index (κ1) is 15.0. The van der Waals surface area contributed by atoms with Gasteiger partial charge < -0.3 is 4.74 Å². The molecule has 0 N–H and O–H groups in total. The quantitative estimate of drug-likeness (QED) is 0.794. The topological polar surface area (TPSA) is 50.1 Å². The molecule has 0 radical (unpaired) electrons. The Bertz CT molecular complexity index is 502. The maximum absolute atomic E-state index is 12.4. The number of carbonyl (C=O) groups is 1. The molecule has 1 aromatic rings. The predicted octanol–water partition coefficient (Wildman–Crippen LogP) is 3.05. The molecule has 0 aromatic heterocycles. The third-order valence-corrected chi connectivity index (χ3v) is 2.70. The van der Waals surface area contributed by atoms with Crippen molar-refractivity contribution in [1.82, 2.24) is 0 Å². The molecule has 6 heteroatoms. The minimum absolute atomic E-state index is 0.0940. The molecule has 1 atom stereocenters. The van der Waals surface area contributed by atoms with Crippen molar-refractivity contribution in [1.29, 1.82) is 5.26 Å². The fraction of sp³-hybridized carbons (Fsp3) is 0.385. The number of ether oxygens (including phenoxy) is 1. The highest BCUT2D eigenvalue weighted by Gasteiger charge is 2.38. The van der Waals surface area contributed by atoms with Gasteiger partial charge in [-0.1, -0.05) is 12.1 Å². The summed E-state index contributed by atoms with van der Waals surface area (Å²) < 4.78 is 42.0. The highest BCUT2D eigenvalue weighted by Crippen LogP contribution is 2.32. The van der Waals surface area contributed by atoms with Gasteiger partial charge in [0.05, 0.1) is 18.2 Å². The number of hydrogen-bond acceptors (Lipinski definition) is 3. The second-order valence-corrected chi connectivity index (χ2v) is 4.03. The highest BCUT2D eigenvalue weighted by atomic mass is 19.4. The molecule has 0 saturated carbocycles. The lowest BCUT2D eigenvalue weighted by Crippen LogP contribution is -2.33. The number of hydrogen-bond donors (Lipinski definition) is 0. The number of nitriles is 1. The van der Waals surface area contributed by atoms with Crippen LogP contribution in [-0.4, -0.2) is 12.6 Å². The number of nitrogens with zero attached hydrogens (tertiary/aromatic N) is 1.